The van der Waals surface area contributed by atoms with Crippen LogP contribution in [0.4, 0.5) is 10.5 Å². The SMILES string of the molecule is CC(C)(C)OCC(NC(=O)Oc1ccc([N+](=O)[O-])cc1)C(=O)OC(C)(C)C. The summed E-state index contributed by atoms with van der Waals surface area (Å²) < 4.78 is 15.9. The number of nitrogens with one attached hydrogen (secondary N) is 1. The van der Waals surface area contributed by atoms with E-state index < -0.39 is 34.2 Å². The molecule has 1 aromatic rings. The predicted molar refractivity (Wildman–Crippen MR) is 97.6 cm³/mol. The second kappa shape index (κ2) is 8.81. The second-order valence-corrected chi connectivity index (χ2v) is 7.79. The molecule has 1 unspecified atom stereocenters. The maximum atomic E-state index is 12.3. The predicted octanol–water partition coefficient (Wildman–Crippen LogP) is 3.21. The normalized spacial score (nSPS) is 12.8. The number of esters is 1. The zero-order valence-electron chi connectivity index (χ0n) is 16.4. The van der Waals surface area contributed by atoms with Crippen LogP contribution in [0.25, 0.3) is 0 Å². The fraction of sp³-hybridized carbons (Fsp3) is 0.556. The van der Waals surface area contributed by atoms with Crippen LogP contribution in [-0.4, -0.2) is 40.8 Å². The maximum Gasteiger partial charge on any atom is 0.413 e. The number of carbonyl (C=O) groups excluding carboxylic acids is 2. The van der Waals surface area contributed by atoms with E-state index in [1.54, 1.807) is 20.8 Å². The Morgan fingerprint density at radius 1 is 1.07 bits per heavy atom. The Bertz CT molecular complexity index is 672. The van der Waals surface area contributed by atoms with Crippen molar-refractivity contribution >= 4 is 17.7 Å². The molecule has 1 aromatic carbocycles. The van der Waals surface area contributed by atoms with Gasteiger partial charge < -0.3 is 19.5 Å². The van der Waals surface area contributed by atoms with Crippen molar-refractivity contribution in [1.82, 2.24) is 5.32 Å². The molecule has 9 nitrogen and oxygen atoms in total. The van der Waals surface area contributed by atoms with Gasteiger partial charge in [0.15, 0.2) is 6.04 Å². The number of carbonyl (C=O) groups is 2. The number of hydrogen-bond donors (Lipinski definition) is 1. The molecule has 0 aliphatic heterocycles. The van der Waals surface area contributed by atoms with Crippen molar-refractivity contribution in [2.75, 3.05) is 6.61 Å². The molecule has 27 heavy (non-hydrogen) atoms. The van der Waals surface area contributed by atoms with E-state index >= 15 is 0 Å². The molecule has 0 aliphatic rings. The molecule has 0 heterocycles. The van der Waals surface area contributed by atoms with Crippen LogP contribution in [0.2, 0.25) is 0 Å². The van der Waals surface area contributed by atoms with Crippen LogP contribution in [0.5, 0.6) is 5.75 Å². The van der Waals surface area contributed by atoms with Gasteiger partial charge in [-0.2, -0.15) is 0 Å². The molecule has 150 valence electrons. The highest BCUT2D eigenvalue weighted by Crippen LogP contribution is 2.17. The molecule has 0 aromatic heterocycles. The summed E-state index contributed by atoms with van der Waals surface area (Å²) in [5, 5.41) is 13.0. The molecule has 1 N–H and O–H groups in total. The first-order valence-corrected chi connectivity index (χ1v) is 8.36. The number of ether oxygens (including phenoxy) is 3. The molecule has 0 bridgehead atoms. The molecular formula is C18H26N2O7. The lowest BCUT2D eigenvalue weighted by molar-refractivity contribution is -0.384. The number of rotatable bonds is 6. The molecule has 0 fully saturated rings. The van der Waals surface area contributed by atoms with Crippen LogP contribution in [0.15, 0.2) is 24.3 Å². The Kier molecular flexibility index (Phi) is 7.29. The number of non-ortho nitro benzene ring substituents is 1. The average molecular weight is 382 g/mol. The standard InChI is InChI=1S/C18H26N2O7/c1-17(2,3)25-11-14(15(21)27-18(4,5)6)19-16(22)26-13-9-7-12(8-10-13)20(23)24/h7-10,14H,11H2,1-6H3,(H,19,22). The van der Waals surface area contributed by atoms with Gasteiger partial charge in [0.25, 0.3) is 5.69 Å². The summed E-state index contributed by atoms with van der Waals surface area (Å²) in [5.41, 5.74) is -1.39. The summed E-state index contributed by atoms with van der Waals surface area (Å²) >= 11 is 0. The summed E-state index contributed by atoms with van der Waals surface area (Å²) in [6.07, 6.45) is -0.905. The van der Waals surface area contributed by atoms with Crippen molar-refractivity contribution in [2.45, 2.75) is 58.8 Å². The quantitative estimate of drug-likeness (QED) is 0.456. The average Bonchev–Trinajstić information content (AvgIpc) is 2.49. The van der Waals surface area contributed by atoms with Gasteiger partial charge in [-0.25, -0.2) is 9.59 Å². The third kappa shape index (κ3) is 9.00. The van der Waals surface area contributed by atoms with Gasteiger partial charge >= 0.3 is 12.1 Å². The van der Waals surface area contributed by atoms with Gasteiger partial charge in [-0.1, -0.05) is 0 Å². The zero-order chi connectivity index (χ0) is 20.8. The number of nitro benzene ring substituents is 1. The lowest BCUT2D eigenvalue weighted by Gasteiger charge is -2.27. The molecule has 9 heteroatoms. The fourth-order valence-corrected chi connectivity index (χ4v) is 1.79. The molecular weight excluding hydrogens is 356 g/mol. The van der Waals surface area contributed by atoms with Crippen LogP contribution >= 0.6 is 0 Å². The van der Waals surface area contributed by atoms with Crippen LogP contribution in [0.3, 0.4) is 0 Å². The first kappa shape index (κ1) is 22.4. The Morgan fingerprint density at radius 2 is 1.63 bits per heavy atom. The van der Waals surface area contributed by atoms with E-state index in [2.05, 4.69) is 5.32 Å². The molecule has 0 radical (unpaired) electrons. The van der Waals surface area contributed by atoms with E-state index in [1.165, 1.54) is 24.3 Å². The molecule has 0 aliphatic carbocycles. The minimum atomic E-state index is -1.08. The van der Waals surface area contributed by atoms with Crippen LogP contribution < -0.4 is 10.1 Å². The van der Waals surface area contributed by atoms with Crippen molar-refractivity contribution in [3.8, 4) is 5.75 Å². The van der Waals surface area contributed by atoms with Gasteiger partial charge in [-0.3, -0.25) is 10.1 Å². The minimum Gasteiger partial charge on any atom is -0.458 e. The number of nitrogens with zero attached hydrogens (tertiary/aromatic N) is 1. The minimum absolute atomic E-state index is 0.0952. The smallest absolute Gasteiger partial charge is 0.413 e. The monoisotopic (exact) mass is 382 g/mol. The first-order chi connectivity index (χ1) is 12.3. The van der Waals surface area contributed by atoms with Crippen molar-refractivity contribution in [3.63, 3.8) is 0 Å². The largest absolute Gasteiger partial charge is 0.458 e. The Labute approximate surface area is 158 Å². The van der Waals surface area contributed by atoms with E-state index in [4.69, 9.17) is 14.2 Å². The number of benzene rings is 1. The van der Waals surface area contributed by atoms with Gasteiger partial charge in [0.05, 0.1) is 17.1 Å². The van der Waals surface area contributed by atoms with Crippen LogP contribution in [0.1, 0.15) is 41.5 Å². The first-order valence-electron chi connectivity index (χ1n) is 8.36. The summed E-state index contributed by atoms with van der Waals surface area (Å²) in [6.45, 7) is 10.5. The van der Waals surface area contributed by atoms with Gasteiger partial charge in [0, 0.05) is 12.1 Å². The van der Waals surface area contributed by atoms with Gasteiger partial charge in [0.2, 0.25) is 0 Å². The van der Waals surface area contributed by atoms with Crippen molar-refractivity contribution in [1.29, 1.82) is 0 Å². The van der Waals surface area contributed by atoms with Gasteiger partial charge in [-0.05, 0) is 53.7 Å². The van der Waals surface area contributed by atoms with Gasteiger partial charge in [0.1, 0.15) is 11.4 Å². The van der Waals surface area contributed by atoms with Crippen LogP contribution in [0, 0.1) is 10.1 Å². The highest BCUT2D eigenvalue weighted by atomic mass is 16.6. The number of amides is 1. The van der Waals surface area contributed by atoms with E-state index in [1.807, 2.05) is 20.8 Å². The third-order valence-electron chi connectivity index (χ3n) is 2.92. The molecule has 0 saturated carbocycles. The topological polar surface area (TPSA) is 117 Å². The lowest BCUT2D eigenvalue weighted by atomic mass is 10.1. The van der Waals surface area contributed by atoms with Gasteiger partial charge in [-0.15, -0.1) is 0 Å². The maximum absolute atomic E-state index is 12.3. The van der Waals surface area contributed by atoms with Crippen molar-refractivity contribution < 1.29 is 28.7 Å². The van der Waals surface area contributed by atoms with Crippen molar-refractivity contribution in [2.24, 2.45) is 0 Å². The summed E-state index contributed by atoms with van der Waals surface area (Å²) in [6, 6.07) is 3.90. The highest BCUT2D eigenvalue weighted by Gasteiger charge is 2.29. The molecule has 0 spiro atoms. The Hall–Kier alpha value is -2.68. The van der Waals surface area contributed by atoms with E-state index in [-0.39, 0.29) is 18.0 Å². The zero-order valence-corrected chi connectivity index (χ0v) is 16.4. The third-order valence-corrected chi connectivity index (χ3v) is 2.92. The molecule has 1 atom stereocenters. The Balaban J connectivity index is 2.78. The van der Waals surface area contributed by atoms with E-state index in [9.17, 15) is 19.7 Å². The lowest BCUT2D eigenvalue weighted by Crippen LogP contribution is -2.48. The van der Waals surface area contributed by atoms with Crippen LogP contribution in [-0.2, 0) is 14.3 Å². The molecule has 0 saturated heterocycles. The van der Waals surface area contributed by atoms with E-state index in [0.717, 1.165) is 0 Å². The van der Waals surface area contributed by atoms with Crippen molar-refractivity contribution in [3.05, 3.63) is 34.4 Å². The fourth-order valence-electron chi connectivity index (χ4n) is 1.79. The number of hydrogen-bond acceptors (Lipinski definition) is 7. The Morgan fingerprint density at radius 3 is 2.07 bits per heavy atom. The highest BCUT2D eigenvalue weighted by molar-refractivity contribution is 5.82. The van der Waals surface area contributed by atoms with E-state index in [0.29, 0.717) is 0 Å². The summed E-state index contributed by atoms with van der Waals surface area (Å²) in [5.74, 6) is -0.565. The second-order valence-electron chi connectivity index (χ2n) is 7.79. The summed E-state index contributed by atoms with van der Waals surface area (Å²) in [7, 11) is 0. The molecule has 1 amide bonds. The molecule has 1 rings (SSSR count). The number of nitro groups is 1. The summed E-state index contributed by atoms with van der Waals surface area (Å²) in [4.78, 5) is 34.5.